The Bertz CT molecular complexity index is 412. The van der Waals surface area contributed by atoms with Crippen molar-refractivity contribution in [3.05, 3.63) is 33.3 Å². The van der Waals surface area contributed by atoms with E-state index in [1.165, 1.54) is 0 Å². The van der Waals surface area contributed by atoms with Crippen LogP contribution in [-0.2, 0) is 11.3 Å². The number of carbonyl (C=O) groups excluding carboxylic acids is 1. The maximum atomic E-state index is 11.0. The summed E-state index contributed by atoms with van der Waals surface area (Å²) in [6.07, 6.45) is 2.13. The highest BCUT2D eigenvalue weighted by Crippen LogP contribution is 2.22. The summed E-state index contributed by atoms with van der Waals surface area (Å²) in [6.45, 7) is 3.89. The van der Waals surface area contributed by atoms with E-state index < -0.39 is 0 Å². The van der Waals surface area contributed by atoms with Crippen LogP contribution in [0.4, 0.5) is 0 Å². The number of carbonyl (C=O) groups is 1. The minimum Gasteiger partial charge on any atom is -0.369 e. The summed E-state index contributed by atoms with van der Waals surface area (Å²) < 4.78 is 0.950. The van der Waals surface area contributed by atoms with Gasteiger partial charge in [0.05, 0.1) is 6.54 Å². The average molecular weight is 334 g/mol. The third kappa shape index (κ3) is 5.38. The van der Waals surface area contributed by atoms with Crippen LogP contribution in [0.15, 0.2) is 22.7 Å². The van der Waals surface area contributed by atoms with Gasteiger partial charge in [-0.2, -0.15) is 0 Å². The second-order valence-corrected chi connectivity index (χ2v) is 5.59. The normalized spacial score (nSPS) is 10.9. The Morgan fingerprint density at radius 1 is 1.50 bits per heavy atom. The molecule has 0 saturated carbocycles. The fourth-order valence-electron chi connectivity index (χ4n) is 1.71. The number of benzene rings is 1. The molecule has 5 heteroatoms. The summed E-state index contributed by atoms with van der Waals surface area (Å²) in [5, 5.41) is 0.704. The second kappa shape index (κ2) is 7.77. The lowest BCUT2D eigenvalue weighted by Gasteiger charge is -2.21. The summed E-state index contributed by atoms with van der Waals surface area (Å²) in [6, 6.07) is 5.77. The second-order valence-electron chi connectivity index (χ2n) is 4.27. The van der Waals surface area contributed by atoms with E-state index in [9.17, 15) is 4.79 Å². The van der Waals surface area contributed by atoms with Gasteiger partial charge < -0.3 is 5.73 Å². The lowest BCUT2D eigenvalue weighted by molar-refractivity contribution is -0.119. The van der Waals surface area contributed by atoms with E-state index in [0.717, 1.165) is 29.4 Å². The molecule has 0 aliphatic heterocycles. The van der Waals surface area contributed by atoms with Gasteiger partial charge in [-0.1, -0.05) is 46.9 Å². The molecule has 0 bridgehead atoms. The zero-order valence-electron chi connectivity index (χ0n) is 10.5. The molecule has 0 atom stereocenters. The van der Waals surface area contributed by atoms with Crippen molar-refractivity contribution in [1.82, 2.24) is 4.90 Å². The van der Waals surface area contributed by atoms with Crippen molar-refractivity contribution in [2.24, 2.45) is 5.73 Å². The topological polar surface area (TPSA) is 46.3 Å². The quantitative estimate of drug-likeness (QED) is 0.833. The third-order valence-electron chi connectivity index (χ3n) is 2.62. The van der Waals surface area contributed by atoms with Crippen molar-refractivity contribution < 1.29 is 4.79 Å². The Balaban J connectivity index is 2.71. The van der Waals surface area contributed by atoms with E-state index in [1.54, 1.807) is 0 Å². The van der Waals surface area contributed by atoms with Crippen LogP contribution in [0.25, 0.3) is 0 Å². The number of amides is 1. The molecule has 1 aromatic rings. The molecule has 0 heterocycles. The van der Waals surface area contributed by atoms with Crippen molar-refractivity contribution in [2.45, 2.75) is 26.3 Å². The molecule has 1 aromatic carbocycles. The fraction of sp³-hybridized carbons (Fsp3) is 0.462. The van der Waals surface area contributed by atoms with E-state index in [4.69, 9.17) is 17.3 Å². The predicted octanol–water partition coefficient (Wildman–Crippen LogP) is 3.19. The molecule has 1 amide bonds. The van der Waals surface area contributed by atoms with Gasteiger partial charge in [-0.25, -0.2) is 0 Å². The highest BCUT2D eigenvalue weighted by atomic mass is 79.9. The van der Waals surface area contributed by atoms with Crippen LogP contribution in [-0.4, -0.2) is 23.9 Å². The van der Waals surface area contributed by atoms with Crippen molar-refractivity contribution in [2.75, 3.05) is 13.1 Å². The SMILES string of the molecule is CCCCN(CC(N)=O)Cc1ccc(Br)cc1Cl. The Labute approximate surface area is 121 Å². The molecule has 2 N–H and O–H groups in total. The van der Waals surface area contributed by atoms with Crippen molar-refractivity contribution in [3.63, 3.8) is 0 Å². The molecule has 0 aromatic heterocycles. The van der Waals surface area contributed by atoms with Crippen molar-refractivity contribution in [3.8, 4) is 0 Å². The minimum absolute atomic E-state index is 0.270. The molecule has 3 nitrogen and oxygen atoms in total. The van der Waals surface area contributed by atoms with E-state index in [1.807, 2.05) is 23.1 Å². The number of rotatable bonds is 7. The first-order valence-electron chi connectivity index (χ1n) is 5.97. The third-order valence-corrected chi connectivity index (χ3v) is 3.46. The van der Waals surface area contributed by atoms with Crippen molar-refractivity contribution in [1.29, 1.82) is 0 Å². The Morgan fingerprint density at radius 3 is 2.78 bits per heavy atom. The molecule has 18 heavy (non-hydrogen) atoms. The smallest absolute Gasteiger partial charge is 0.231 e. The first kappa shape index (κ1) is 15.5. The highest BCUT2D eigenvalue weighted by Gasteiger charge is 2.10. The number of nitrogens with two attached hydrogens (primary N) is 1. The summed E-state index contributed by atoms with van der Waals surface area (Å²) in [5.41, 5.74) is 6.27. The molecule has 0 aliphatic carbocycles. The predicted molar refractivity (Wildman–Crippen MR) is 78.5 cm³/mol. The summed E-state index contributed by atoms with van der Waals surface area (Å²) in [4.78, 5) is 13.1. The van der Waals surface area contributed by atoms with Gasteiger partial charge in [-0.3, -0.25) is 9.69 Å². The molecular weight excluding hydrogens is 316 g/mol. The molecule has 100 valence electrons. The number of unbranched alkanes of at least 4 members (excludes halogenated alkanes) is 1. The van der Waals surface area contributed by atoms with Gasteiger partial charge in [-0.15, -0.1) is 0 Å². The van der Waals surface area contributed by atoms with E-state index in [0.29, 0.717) is 11.6 Å². The number of halogens is 2. The van der Waals surface area contributed by atoms with Gasteiger partial charge >= 0.3 is 0 Å². The van der Waals surface area contributed by atoms with Crippen LogP contribution in [0.5, 0.6) is 0 Å². The standard InChI is InChI=1S/C13H18BrClN2O/c1-2-3-6-17(9-13(16)18)8-10-4-5-11(14)7-12(10)15/h4-5,7H,2-3,6,8-9H2,1H3,(H2,16,18). The monoisotopic (exact) mass is 332 g/mol. The van der Waals surface area contributed by atoms with Gasteiger partial charge in [0.1, 0.15) is 0 Å². The molecule has 0 radical (unpaired) electrons. The number of hydrogen-bond donors (Lipinski definition) is 1. The van der Waals surface area contributed by atoms with E-state index in [-0.39, 0.29) is 12.5 Å². The highest BCUT2D eigenvalue weighted by molar-refractivity contribution is 9.10. The van der Waals surface area contributed by atoms with Crippen LogP contribution < -0.4 is 5.73 Å². The van der Waals surface area contributed by atoms with Crippen LogP contribution in [0.3, 0.4) is 0 Å². The first-order chi connectivity index (χ1) is 8.52. The van der Waals surface area contributed by atoms with Crippen LogP contribution in [0.2, 0.25) is 5.02 Å². The van der Waals surface area contributed by atoms with Gasteiger partial charge in [0.15, 0.2) is 0 Å². The zero-order valence-corrected chi connectivity index (χ0v) is 12.8. The van der Waals surface area contributed by atoms with Crippen LogP contribution >= 0.6 is 27.5 Å². The largest absolute Gasteiger partial charge is 0.369 e. The Kier molecular flexibility index (Phi) is 6.68. The minimum atomic E-state index is -0.306. The number of hydrogen-bond acceptors (Lipinski definition) is 2. The van der Waals surface area contributed by atoms with Gasteiger partial charge in [0.25, 0.3) is 0 Å². The number of primary amides is 1. The summed E-state index contributed by atoms with van der Waals surface area (Å²) >= 11 is 9.54. The van der Waals surface area contributed by atoms with Crippen LogP contribution in [0, 0.1) is 0 Å². The molecule has 0 unspecified atom stereocenters. The lowest BCUT2D eigenvalue weighted by Crippen LogP contribution is -2.34. The first-order valence-corrected chi connectivity index (χ1v) is 7.14. The maximum absolute atomic E-state index is 11.0. The summed E-state index contributed by atoms with van der Waals surface area (Å²) in [5.74, 6) is -0.306. The van der Waals surface area contributed by atoms with Gasteiger partial charge in [0.2, 0.25) is 5.91 Å². The molecular formula is C13H18BrClN2O. The molecule has 0 saturated heterocycles. The fourth-order valence-corrected chi connectivity index (χ4v) is 2.44. The lowest BCUT2D eigenvalue weighted by atomic mass is 10.2. The Hall–Kier alpha value is -0.580. The maximum Gasteiger partial charge on any atom is 0.231 e. The van der Waals surface area contributed by atoms with E-state index in [2.05, 4.69) is 22.9 Å². The summed E-state index contributed by atoms with van der Waals surface area (Å²) in [7, 11) is 0. The molecule has 1 rings (SSSR count). The van der Waals surface area contributed by atoms with E-state index >= 15 is 0 Å². The molecule has 0 fully saturated rings. The van der Waals surface area contributed by atoms with Gasteiger partial charge in [0, 0.05) is 16.0 Å². The van der Waals surface area contributed by atoms with Crippen LogP contribution in [0.1, 0.15) is 25.3 Å². The molecule has 0 spiro atoms. The van der Waals surface area contributed by atoms with Gasteiger partial charge in [-0.05, 0) is 30.7 Å². The Morgan fingerprint density at radius 2 is 2.22 bits per heavy atom. The average Bonchev–Trinajstić information content (AvgIpc) is 2.29. The van der Waals surface area contributed by atoms with Crippen molar-refractivity contribution >= 4 is 33.4 Å². The molecule has 0 aliphatic rings. The number of nitrogens with zero attached hydrogens (tertiary/aromatic N) is 1. The zero-order chi connectivity index (χ0) is 13.5.